The predicted octanol–water partition coefficient (Wildman–Crippen LogP) is 1.21. The maximum Gasteiger partial charge on any atom is 0.410 e. The molecule has 0 spiro atoms. The Hall–Kier alpha value is -0.770. The van der Waals surface area contributed by atoms with Crippen LogP contribution in [0.25, 0.3) is 0 Å². The Morgan fingerprint density at radius 2 is 2.07 bits per heavy atom. The van der Waals surface area contributed by atoms with E-state index in [4.69, 9.17) is 4.74 Å². The van der Waals surface area contributed by atoms with E-state index >= 15 is 0 Å². The molecule has 0 aromatic carbocycles. The van der Waals surface area contributed by atoms with Gasteiger partial charge in [0.1, 0.15) is 5.60 Å². The number of nitrogens with zero attached hydrogens (tertiary/aromatic N) is 1. The van der Waals surface area contributed by atoms with Crippen LogP contribution in [0.5, 0.6) is 0 Å². The van der Waals surface area contributed by atoms with Crippen molar-refractivity contribution in [2.45, 2.75) is 45.4 Å². The van der Waals surface area contributed by atoms with Crippen LogP contribution in [0.2, 0.25) is 0 Å². The number of ether oxygens (including phenoxy) is 1. The third-order valence-electron chi connectivity index (χ3n) is 2.41. The van der Waals surface area contributed by atoms with Crippen molar-refractivity contribution in [3.8, 4) is 0 Å². The lowest BCUT2D eigenvalue weighted by molar-refractivity contribution is 0.0113. The van der Waals surface area contributed by atoms with Gasteiger partial charge in [0.2, 0.25) is 0 Å². The van der Waals surface area contributed by atoms with Crippen LogP contribution >= 0.6 is 0 Å². The summed E-state index contributed by atoms with van der Waals surface area (Å²) >= 11 is 0. The Morgan fingerprint density at radius 3 is 2.36 bits per heavy atom. The van der Waals surface area contributed by atoms with Gasteiger partial charge in [0.25, 0.3) is 0 Å². The Labute approximate surface area is 85.6 Å². The summed E-state index contributed by atoms with van der Waals surface area (Å²) in [6.45, 7) is 8.55. The minimum atomic E-state index is -0.411. The van der Waals surface area contributed by atoms with Crippen LogP contribution in [-0.4, -0.2) is 42.3 Å². The second kappa shape index (κ2) is 3.77. The summed E-state index contributed by atoms with van der Waals surface area (Å²) in [5.74, 6) is 0. The van der Waals surface area contributed by atoms with Crippen molar-refractivity contribution in [3.05, 3.63) is 0 Å². The second-order valence-corrected chi connectivity index (χ2v) is 4.86. The van der Waals surface area contributed by atoms with E-state index in [1.807, 2.05) is 20.8 Å². The molecule has 2 unspecified atom stereocenters. The average molecular weight is 200 g/mol. The summed E-state index contributed by atoms with van der Waals surface area (Å²) in [5.41, 5.74) is -0.411. The van der Waals surface area contributed by atoms with Crippen LogP contribution in [0.4, 0.5) is 4.79 Å². The van der Waals surface area contributed by atoms with Crippen LogP contribution in [0.3, 0.4) is 0 Å². The minimum Gasteiger partial charge on any atom is -0.444 e. The standard InChI is InChI=1S/C10H20N2O2/c1-7-8(6-11-7)12(5)9(13)14-10(2,3)4/h7-8,11H,6H2,1-5H3. The zero-order chi connectivity index (χ0) is 10.9. The zero-order valence-corrected chi connectivity index (χ0v) is 9.63. The van der Waals surface area contributed by atoms with Crippen molar-refractivity contribution >= 4 is 6.09 Å². The van der Waals surface area contributed by atoms with Crippen LogP contribution < -0.4 is 5.32 Å². The number of nitrogens with one attached hydrogen (secondary N) is 1. The third kappa shape index (κ3) is 2.61. The molecule has 0 radical (unpaired) electrons. The van der Waals surface area contributed by atoms with E-state index in [0.29, 0.717) is 6.04 Å². The van der Waals surface area contributed by atoms with Crippen LogP contribution in [0.1, 0.15) is 27.7 Å². The Morgan fingerprint density at radius 1 is 1.50 bits per heavy atom. The van der Waals surface area contributed by atoms with Crippen molar-refractivity contribution in [2.75, 3.05) is 13.6 Å². The van der Waals surface area contributed by atoms with E-state index in [1.54, 1.807) is 11.9 Å². The molecule has 1 fully saturated rings. The van der Waals surface area contributed by atoms with E-state index in [1.165, 1.54) is 0 Å². The third-order valence-corrected chi connectivity index (χ3v) is 2.41. The molecule has 0 aromatic heterocycles. The molecule has 1 heterocycles. The summed E-state index contributed by atoms with van der Waals surface area (Å²) in [6, 6.07) is 0.636. The highest BCUT2D eigenvalue weighted by Crippen LogP contribution is 2.15. The van der Waals surface area contributed by atoms with Crippen molar-refractivity contribution in [3.63, 3.8) is 0 Å². The molecule has 0 saturated carbocycles. The van der Waals surface area contributed by atoms with Crippen molar-refractivity contribution in [1.82, 2.24) is 10.2 Å². The van der Waals surface area contributed by atoms with E-state index < -0.39 is 5.60 Å². The van der Waals surface area contributed by atoms with Gasteiger partial charge in [0.05, 0.1) is 6.04 Å². The monoisotopic (exact) mass is 200 g/mol. The first-order valence-corrected chi connectivity index (χ1v) is 5.00. The average Bonchev–Trinajstić information content (AvgIpc) is 1.98. The van der Waals surface area contributed by atoms with Gasteiger partial charge < -0.3 is 15.0 Å². The molecular weight excluding hydrogens is 180 g/mol. The molecule has 1 saturated heterocycles. The molecule has 4 nitrogen and oxygen atoms in total. The molecular formula is C10H20N2O2. The van der Waals surface area contributed by atoms with Gasteiger partial charge in [0.15, 0.2) is 0 Å². The lowest BCUT2D eigenvalue weighted by Crippen LogP contribution is -2.64. The van der Waals surface area contributed by atoms with Gasteiger partial charge in [-0.2, -0.15) is 0 Å². The van der Waals surface area contributed by atoms with Gasteiger partial charge >= 0.3 is 6.09 Å². The molecule has 1 N–H and O–H groups in total. The van der Waals surface area contributed by atoms with Crippen molar-refractivity contribution in [1.29, 1.82) is 0 Å². The molecule has 0 aromatic rings. The predicted molar refractivity (Wildman–Crippen MR) is 55.2 cm³/mol. The number of likely N-dealkylation sites (N-methyl/N-ethyl adjacent to an activating group) is 1. The number of carbonyl (C=O) groups excluding carboxylic acids is 1. The second-order valence-electron chi connectivity index (χ2n) is 4.86. The van der Waals surface area contributed by atoms with Gasteiger partial charge in [-0.15, -0.1) is 0 Å². The largest absolute Gasteiger partial charge is 0.444 e. The topological polar surface area (TPSA) is 41.6 Å². The van der Waals surface area contributed by atoms with Gasteiger partial charge in [-0.1, -0.05) is 0 Å². The van der Waals surface area contributed by atoms with Gasteiger partial charge in [-0.05, 0) is 27.7 Å². The van der Waals surface area contributed by atoms with E-state index in [2.05, 4.69) is 12.2 Å². The molecule has 1 aliphatic heterocycles. The van der Waals surface area contributed by atoms with E-state index in [0.717, 1.165) is 6.54 Å². The fourth-order valence-electron chi connectivity index (χ4n) is 1.40. The normalized spacial score (nSPS) is 26.6. The smallest absolute Gasteiger partial charge is 0.410 e. The first-order chi connectivity index (χ1) is 6.31. The zero-order valence-electron chi connectivity index (χ0n) is 9.63. The first-order valence-electron chi connectivity index (χ1n) is 5.00. The van der Waals surface area contributed by atoms with Crippen LogP contribution in [0, 0.1) is 0 Å². The van der Waals surface area contributed by atoms with Crippen LogP contribution in [0.15, 0.2) is 0 Å². The first kappa shape index (κ1) is 11.3. The number of rotatable bonds is 1. The fourth-order valence-corrected chi connectivity index (χ4v) is 1.40. The fraction of sp³-hybridized carbons (Fsp3) is 0.900. The Kier molecular flexibility index (Phi) is 3.04. The molecule has 0 aliphatic carbocycles. The molecule has 2 atom stereocenters. The number of hydrogen-bond donors (Lipinski definition) is 1. The highest BCUT2D eigenvalue weighted by atomic mass is 16.6. The maximum absolute atomic E-state index is 11.6. The quantitative estimate of drug-likeness (QED) is 0.692. The summed E-state index contributed by atoms with van der Waals surface area (Å²) < 4.78 is 5.26. The Bertz CT molecular complexity index is 223. The number of hydrogen-bond acceptors (Lipinski definition) is 3. The highest BCUT2D eigenvalue weighted by molar-refractivity contribution is 5.68. The maximum atomic E-state index is 11.6. The summed E-state index contributed by atoms with van der Waals surface area (Å²) in [4.78, 5) is 13.3. The number of carbonyl (C=O) groups is 1. The van der Waals surface area contributed by atoms with Crippen molar-refractivity contribution in [2.24, 2.45) is 0 Å². The lowest BCUT2D eigenvalue weighted by atomic mass is 10.0. The molecule has 14 heavy (non-hydrogen) atoms. The summed E-state index contributed by atoms with van der Waals surface area (Å²) in [7, 11) is 1.79. The van der Waals surface area contributed by atoms with Crippen LogP contribution in [-0.2, 0) is 4.74 Å². The lowest BCUT2D eigenvalue weighted by Gasteiger charge is -2.41. The molecule has 82 valence electrons. The molecule has 1 aliphatic rings. The SMILES string of the molecule is CC1NCC1N(C)C(=O)OC(C)(C)C. The van der Waals surface area contributed by atoms with Gasteiger partial charge in [0, 0.05) is 19.6 Å². The summed E-state index contributed by atoms with van der Waals surface area (Å²) in [6.07, 6.45) is -0.240. The minimum absolute atomic E-state index is 0.240. The van der Waals surface area contributed by atoms with Gasteiger partial charge in [-0.3, -0.25) is 0 Å². The highest BCUT2D eigenvalue weighted by Gasteiger charge is 2.34. The molecule has 1 rings (SSSR count). The molecule has 1 amide bonds. The molecule has 0 bridgehead atoms. The van der Waals surface area contributed by atoms with Gasteiger partial charge in [-0.25, -0.2) is 4.79 Å². The number of amides is 1. The van der Waals surface area contributed by atoms with Crippen molar-refractivity contribution < 1.29 is 9.53 Å². The Balaban J connectivity index is 2.44. The summed E-state index contributed by atoms with van der Waals surface area (Å²) in [5, 5.41) is 3.21. The van der Waals surface area contributed by atoms with E-state index in [9.17, 15) is 4.79 Å². The molecule has 4 heteroatoms. The van der Waals surface area contributed by atoms with E-state index in [-0.39, 0.29) is 12.1 Å².